The van der Waals surface area contributed by atoms with Gasteiger partial charge in [-0.05, 0) is 6.07 Å². The lowest BCUT2D eigenvalue weighted by Gasteiger charge is -2.10. The van der Waals surface area contributed by atoms with E-state index in [9.17, 15) is 9.59 Å². The van der Waals surface area contributed by atoms with Gasteiger partial charge in [-0.3, -0.25) is 19.0 Å². The van der Waals surface area contributed by atoms with Gasteiger partial charge in [0.1, 0.15) is 0 Å². The van der Waals surface area contributed by atoms with E-state index in [0.29, 0.717) is 0 Å². The summed E-state index contributed by atoms with van der Waals surface area (Å²) in [5.41, 5.74) is -0.193. The molecule has 1 amide bonds. The van der Waals surface area contributed by atoms with E-state index in [4.69, 9.17) is 0 Å². The highest BCUT2D eigenvalue weighted by Gasteiger charge is 2.01. The van der Waals surface area contributed by atoms with Crippen molar-refractivity contribution in [3.63, 3.8) is 0 Å². The highest BCUT2D eigenvalue weighted by atomic mass is 16.7. The van der Waals surface area contributed by atoms with E-state index >= 15 is 0 Å². The van der Waals surface area contributed by atoms with E-state index in [1.165, 1.54) is 37.1 Å². The van der Waals surface area contributed by atoms with Gasteiger partial charge in [-0.15, -0.1) is 0 Å². The molecule has 0 atom stereocenters. The number of hydroxylamine groups is 2. The summed E-state index contributed by atoms with van der Waals surface area (Å²) in [7, 11) is 2.88. The number of amides is 1. The van der Waals surface area contributed by atoms with Crippen LogP contribution in [0.1, 0.15) is 0 Å². The first kappa shape index (κ1) is 11.2. The number of hydrogen-bond acceptors (Lipinski definition) is 3. The molecule has 1 aromatic rings. The smallest absolute Gasteiger partial charge is 0.271 e. The molecule has 5 heteroatoms. The second kappa shape index (κ2) is 5.11. The molecule has 0 N–H and O–H groups in total. The largest absolute Gasteiger partial charge is 0.291 e. The Hall–Kier alpha value is -1.88. The minimum atomic E-state index is -0.340. The standard InChI is InChI=1S/C10H12N2O3/c1-11(15-2)9(13)6-8-12-7-4-3-5-10(12)14/h3-8H,1-2H3/b8-6+. The third-order valence-electron chi connectivity index (χ3n) is 1.81. The van der Waals surface area contributed by atoms with Crippen LogP contribution in [0.2, 0.25) is 0 Å². The van der Waals surface area contributed by atoms with Crippen LogP contribution >= 0.6 is 0 Å². The van der Waals surface area contributed by atoms with Gasteiger partial charge in [-0.25, -0.2) is 5.06 Å². The second-order valence-corrected chi connectivity index (χ2v) is 2.78. The number of carbonyl (C=O) groups is 1. The number of rotatable bonds is 3. The first-order valence-electron chi connectivity index (χ1n) is 4.32. The average Bonchev–Trinajstić information content (AvgIpc) is 2.26. The number of aromatic nitrogens is 1. The molecule has 0 aliphatic carbocycles. The SMILES string of the molecule is CON(C)C(=O)/C=C/n1ccccc1=O. The summed E-state index contributed by atoms with van der Waals surface area (Å²) in [5, 5.41) is 1.06. The topological polar surface area (TPSA) is 51.5 Å². The van der Waals surface area contributed by atoms with E-state index in [1.807, 2.05) is 0 Å². The van der Waals surface area contributed by atoms with Crippen LogP contribution in [0.3, 0.4) is 0 Å². The lowest BCUT2D eigenvalue weighted by molar-refractivity contribution is -0.162. The lowest BCUT2D eigenvalue weighted by atomic mass is 10.4. The van der Waals surface area contributed by atoms with Gasteiger partial charge in [0, 0.05) is 31.6 Å². The van der Waals surface area contributed by atoms with E-state index in [1.54, 1.807) is 18.3 Å². The Morgan fingerprint density at radius 1 is 1.53 bits per heavy atom. The zero-order valence-electron chi connectivity index (χ0n) is 8.58. The lowest BCUT2D eigenvalue weighted by Crippen LogP contribution is -2.23. The fourth-order valence-corrected chi connectivity index (χ4v) is 0.902. The molecule has 0 fully saturated rings. The van der Waals surface area contributed by atoms with Crippen molar-refractivity contribution >= 4 is 12.1 Å². The molecular formula is C10H12N2O3. The van der Waals surface area contributed by atoms with Crippen LogP contribution in [0.15, 0.2) is 35.3 Å². The quantitative estimate of drug-likeness (QED) is 0.531. The van der Waals surface area contributed by atoms with Gasteiger partial charge in [0.15, 0.2) is 0 Å². The zero-order chi connectivity index (χ0) is 11.3. The van der Waals surface area contributed by atoms with Crippen LogP contribution in [0, 0.1) is 0 Å². The summed E-state index contributed by atoms with van der Waals surface area (Å²) in [6.07, 6.45) is 4.21. The number of hydrogen-bond donors (Lipinski definition) is 0. The number of pyridine rings is 1. The molecule has 0 spiro atoms. The monoisotopic (exact) mass is 208 g/mol. The molecule has 1 rings (SSSR count). The molecule has 80 valence electrons. The minimum Gasteiger partial charge on any atom is -0.291 e. The molecule has 0 saturated heterocycles. The van der Waals surface area contributed by atoms with E-state index in [-0.39, 0.29) is 11.5 Å². The van der Waals surface area contributed by atoms with Crippen molar-refractivity contribution in [3.05, 3.63) is 40.8 Å². The summed E-state index contributed by atoms with van der Waals surface area (Å²) in [5.74, 6) is -0.340. The average molecular weight is 208 g/mol. The van der Waals surface area contributed by atoms with Gasteiger partial charge in [0.05, 0.1) is 7.11 Å². The summed E-state index contributed by atoms with van der Waals surface area (Å²) >= 11 is 0. The maximum Gasteiger partial charge on any atom is 0.271 e. The highest BCUT2D eigenvalue weighted by Crippen LogP contribution is 1.89. The summed E-state index contributed by atoms with van der Waals surface area (Å²) < 4.78 is 1.31. The van der Waals surface area contributed by atoms with Gasteiger partial charge in [0.25, 0.3) is 11.5 Å². The van der Waals surface area contributed by atoms with Crippen molar-refractivity contribution in [1.82, 2.24) is 9.63 Å². The van der Waals surface area contributed by atoms with E-state index in [2.05, 4.69) is 4.84 Å². The molecule has 1 aromatic heterocycles. The predicted octanol–water partition coefficient (Wildman–Crippen LogP) is 0.339. The van der Waals surface area contributed by atoms with Crippen molar-refractivity contribution in [2.24, 2.45) is 0 Å². The molecule has 1 heterocycles. The molecule has 0 unspecified atom stereocenters. The predicted molar refractivity (Wildman–Crippen MR) is 55.8 cm³/mol. The zero-order valence-corrected chi connectivity index (χ0v) is 8.58. The van der Waals surface area contributed by atoms with Gasteiger partial charge in [-0.2, -0.15) is 0 Å². The third kappa shape index (κ3) is 3.07. The van der Waals surface area contributed by atoms with Crippen LogP contribution in [0.25, 0.3) is 6.20 Å². The Morgan fingerprint density at radius 2 is 2.27 bits per heavy atom. The minimum absolute atomic E-state index is 0.193. The molecule has 0 aliphatic heterocycles. The van der Waals surface area contributed by atoms with Gasteiger partial charge in [0.2, 0.25) is 0 Å². The van der Waals surface area contributed by atoms with Crippen LogP contribution in [-0.4, -0.2) is 29.7 Å². The number of nitrogens with zero attached hydrogens (tertiary/aromatic N) is 2. The Bertz CT molecular complexity index is 423. The van der Waals surface area contributed by atoms with Crippen LogP contribution in [-0.2, 0) is 9.63 Å². The van der Waals surface area contributed by atoms with Gasteiger partial charge < -0.3 is 0 Å². The molecule has 0 radical (unpaired) electrons. The summed E-state index contributed by atoms with van der Waals surface area (Å²) in [4.78, 5) is 27.2. The van der Waals surface area contributed by atoms with Crippen molar-refractivity contribution in [2.75, 3.05) is 14.2 Å². The third-order valence-corrected chi connectivity index (χ3v) is 1.81. The molecule has 0 bridgehead atoms. The normalized spacial score (nSPS) is 10.5. The Balaban J connectivity index is 2.79. The fourth-order valence-electron chi connectivity index (χ4n) is 0.902. The molecule has 15 heavy (non-hydrogen) atoms. The van der Waals surface area contributed by atoms with Crippen molar-refractivity contribution < 1.29 is 9.63 Å². The molecule has 0 saturated carbocycles. The fraction of sp³-hybridized carbons (Fsp3) is 0.200. The van der Waals surface area contributed by atoms with Crippen LogP contribution in [0.4, 0.5) is 0 Å². The Morgan fingerprint density at radius 3 is 2.87 bits per heavy atom. The molecule has 5 nitrogen and oxygen atoms in total. The van der Waals surface area contributed by atoms with E-state index < -0.39 is 0 Å². The number of carbonyl (C=O) groups excluding carboxylic acids is 1. The molecule has 0 aromatic carbocycles. The summed E-state index contributed by atoms with van der Waals surface area (Å²) in [6, 6.07) is 4.75. The maximum absolute atomic E-state index is 11.3. The van der Waals surface area contributed by atoms with Crippen LogP contribution in [0.5, 0.6) is 0 Å². The second-order valence-electron chi connectivity index (χ2n) is 2.78. The van der Waals surface area contributed by atoms with E-state index in [0.717, 1.165) is 5.06 Å². The molecular weight excluding hydrogens is 196 g/mol. The van der Waals surface area contributed by atoms with Crippen molar-refractivity contribution in [1.29, 1.82) is 0 Å². The Labute approximate surface area is 87.1 Å². The number of likely N-dealkylation sites (N-methyl/N-ethyl adjacent to an activating group) is 1. The van der Waals surface area contributed by atoms with Gasteiger partial charge >= 0.3 is 0 Å². The molecule has 0 aliphatic rings. The van der Waals surface area contributed by atoms with Crippen molar-refractivity contribution in [2.45, 2.75) is 0 Å². The Kier molecular flexibility index (Phi) is 3.82. The highest BCUT2D eigenvalue weighted by molar-refractivity contribution is 5.89. The summed E-state index contributed by atoms with van der Waals surface area (Å²) in [6.45, 7) is 0. The van der Waals surface area contributed by atoms with Crippen molar-refractivity contribution in [3.8, 4) is 0 Å². The van der Waals surface area contributed by atoms with Gasteiger partial charge in [-0.1, -0.05) is 6.07 Å². The maximum atomic E-state index is 11.3. The first-order valence-corrected chi connectivity index (χ1v) is 4.32. The van der Waals surface area contributed by atoms with Crippen LogP contribution < -0.4 is 5.56 Å². The first-order chi connectivity index (χ1) is 7.15.